The maximum atomic E-state index is 12.8. The van der Waals surface area contributed by atoms with Crippen LogP contribution in [0.2, 0.25) is 0 Å². The van der Waals surface area contributed by atoms with E-state index in [0.717, 1.165) is 5.69 Å². The molecule has 2 atom stereocenters. The van der Waals surface area contributed by atoms with E-state index < -0.39 is 5.91 Å². The summed E-state index contributed by atoms with van der Waals surface area (Å²) in [4.78, 5) is 30.0. The predicted molar refractivity (Wildman–Crippen MR) is 91.8 cm³/mol. The summed E-state index contributed by atoms with van der Waals surface area (Å²) in [5.74, 6) is -0.369. The van der Waals surface area contributed by atoms with Crippen molar-refractivity contribution in [2.45, 2.75) is 5.92 Å². The van der Waals surface area contributed by atoms with Crippen molar-refractivity contribution >= 4 is 11.8 Å². The van der Waals surface area contributed by atoms with E-state index in [4.69, 9.17) is 10.5 Å². The Morgan fingerprint density at radius 3 is 2.76 bits per heavy atom. The van der Waals surface area contributed by atoms with Crippen LogP contribution in [0.3, 0.4) is 0 Å². The number of rotatable bonds is 6. The SMILES string of the molecule is Cn1cccc1C(=O)N1C[C@@H](COCC(N)=O)[C@H](c2ccccn2)C1. The van der Waals surface area contributed by atoms with Gasteiger partial charge < -0.3 is 19.9 Å². The normalized spacial score (nSPS) is 20.0. The van der Waals surface area contributed by atoms with Crippen molar-refractivity contribution in [2.24, 2.45) is 18.7 Å². The van der Waals surface area contributed by atoms with E-state index in [1.54, 1.807) is 6.20 Å². The number of ether oxygens (including phenoxy) is 1. The largest absolute Gasteiger partial charge is 0.371 e. The molecule has 0 radical (unpaired) electrons. The summed E-state index contributed by atoms with van der Waals surface area (Å²) in [7, 11) is 1.85. The lowest BCUT2D eigenvalue weighted by atomic mass is 9.93. The lowest BCUT2D eigenvalue weighted by Crippen LogP contribution is -2.31. The average molecular weight is 342 g/mol. The zero-order chi connectivity index (χ0) is 17.8. The van der Waals surface area contributed by atoms with Crippen molar-refractivity contribution in [2.75, 3.05) is 26.3 Å². The van der Waals surface area contributed by atoms with Gasteiger partial charge in [0.25, 0.3) is 5.91 Å². The summed E-state index contributed by atoms with van der Waals surface area (Å²) < 4.78 is 7.24. The van der Waals surface area contributed by atoms with Crippen LogP contribution < -0.4 is 5.73 Å². The fourth-order valence-electron chi connectivity index (χ4n) is 3.29. The molecule has 0 bridgehead atoms. The molecule has 1 aliphatic rings. The van der Waals surface area contributed by atoms with Crippen LogP contribution in [0.4, 0.5) is 0 Å². The first-order valence-corrected chi connectivity index (χ1v) is 8.24. The van der Waals surface area contributed by atoms with Crippen LogP contribution in [0.5, 0.6) is 0 Å². The number of aromatic nitrogens is 2. The molecule has 2 amide bonds. The highest BCUT2D eigenvalue weighted by Crippen LogP contribution is 2.32. The van der Waals surface area contributed by atoms with Crippen LogP contribution >= 0.6 is 0 Å². The number of nitrogens with two attached hydrogens (primary N) is 1. The average Bonchev–Trinajstić information content (AvgIpc) is 3.21. The summed E-state index contributed by atoms with van der Waals surface area (Å²) in [6, 6.07) is 9.43. The molecule has 0 spiro atoms. The Balaban J connectivity index is 1.76. The molecule has 0 unspecified atom stereocenters. The van der Waals surface area contributed by atoms with Gasteiger partial charge in [0.1, 0.15) is 12.3 Å². The van der Waals surface area contributed by atoms with Crippen LogP contribution in [0.1, 0.15) is 22.1 Å². The molecule has 0 aromatic carbocycles. The van der Waals surface area contributed by atoms with Crippen molar-refractivity contribution < 1.29 is 14.3 Å². The first-order chi connectivity index (χ1) is 12.1. The minimum Gasteiger partial charge on any atom is -0.371 e. The molecule has 1 fully saturated rings. The second kappa shape index (κ2) is 7.48. The molecule has 1 saturated heterocycles. The number of hydrogen-bond donors (Lipinski definition) is 1. The van der Waals surface area contributed by atoms with Crippen LogP contribution in [0, 0.1) is 5.92 Å². The van der Waals surface area contributed by atoms with E-state index in [2.05, 4.69) is 4.98 Å². The number of amides is 2. The molecule has 0 saturated carbocycles. The predicted octanol–water partition coefficient (Wildman–Crippen LogP) is 0.778. The van der Waals surface area contributed by atoms with Gasteiger partial charge in [0.15, 0.2) is 0 Å². The molecule has 25 heavy (non-hydrogen) atoms. The van der Waals surface area contributed by atoms with Crippen molar-refractivity contribution in [3.8, 4) is 0 Å². The van der Waals surface area contributed by atoms with Gasteiger partial charge in [0, 0.05) is 50.1 Å². The fraction of sp³-hybridized carbons (Fsp3) is 0.389. The molecule has 1 aliphatic heterocycles. The molecular weight excluding hydrogens is 320 g/mol. The van der Waals surface area contributed by atoms with Gasteiger partial charge in [-0.05, 0) is 24.3 Å². The Kier molecular flexibility index (Phi) is 5.14. The quantitative estimate of drug-likeness (QED) is 0.840. The second-order valence-electron chi connectivity index (χ2n) is 6.32. The maximum absolute atomic E-state index is 12.8. The van der Waals surface area contributed by atoms with Crippen LogP contribution in [-0.4, -0.2) is 52.6 Å². The van der Waals surface area contributed by atoms with E-state index in [9.17, 15) is 9.59 Å². The van der Waals surface area contributed by atoms with Crippen molar-refractivity contribution in [3.05, 3.63) is 54.1 Å². The number of nitrogens with zero attached hydrogens (tertiary/aromatic N) is 3. The molecule has 0 aliphatic carbocycles. The molecule has 2 aromatic heterocycles. The van der Waals surface area contributed by atoms with Gasteiger partial charge in [-0.2, -0.15) is 0 Å². The number of carbonyl (C=O) groups excluding carboxylic acids is 2. The molecule has 7 nitrogen and oxygen atoms in total. The number of hydrogen-bond acceptors (Lipinski definition) is 4. The summed E-state index contributed by atoms with van der Waals surface area (Å²) in [6.45, 7) is 1.38. The van der Waals surface area contributed by atoms with Crippen molar-refractivity contribution in [3.63, 3.8) is 0 Å². The third-order valence-corrected chi connectivity index (χ3v) is 4.54. The molecule has 3 rings (SSSR count). The Hall–Kier alpha value is -2.67. The van der Waals surface area contributed by atoms with Crippen molar-refractivity contribution in [1.29, 1.82) is 0 Å². The maximum Gasteiger partial charge on any atom is 0.270 e. The Morgan fingerprint density at radius 2 is 2.12 bits per heavy atom. The number of primary amides is 1. The summed E-state index contributed by atoms with van der Waals surface area (Å²) in [5, 5.41) is 0. The summed E-state index contributed by atoms with van der Waals surface area (Å²) in [5.41, 5.74) is 6.72. The lowest BCUT2D eigenvalue weighted by molar-refractivity contribution is -0.122. The third-order valence-electron chi connectivity index (χ3n) is 4.54. The van der Waals surface area contributed by atoms with Gasteiger partial charge in [-0.25, -0.2) is 0 Å². The van der Waals surface area contributed by atoms with Crippen LogP contribution in [0.25, 0.3) is 0 Å². The van der Waals surface area contributed by atoms with E-state index in [1.165, 1.54) is 0 Å². The highest BCUT2D eigenvalue weighted by atomic mass is 16.5. The third kappa shape index (κ3) is 3.88. The number of carbonyl (C=O) groups is 2. The number of pyridine rings is 1. The molecule has 2 aromatic rings. The van der Waals surface area contributed by atoms with Gasteiger partial charge in [0.2, 0.25) is 5.91 Å². The number of likely N-dealkylation sites (tertiary alicyclic amines) is 1. The summed E-state index contributed by atoms with van der Waals surface area (Å²) in [6.07, 6.45) is 3.60. The minimum atomic E-state index is -0.496. The van der Waals surface area contributed by atoms with E-state index in [1.807, 2.05) is 53.0 Å². The zero-order valence-electron chi connectivity index (χ0n) is 14.2. The molecule has 3 heterocycles. The zero-order valence-corrected chi connectivity index (χ0v) is 14.2. The molecule has 132 valence electrons. The monoisotopic (exact) mass is 342 g/mol. The van der Waals surface area contributed by atoms with Gasteiger partial charge >= 0.3 is 0 Å². The smallest absolute Gasteiger partial charge is 0.270 e. The van der Waals surface area contributed by atoms with Crippen LogP contribution in [0.15, 0.2) is 42.7 Å². The molecule has 2 N–H and O–H groups in total. The minimum absolute atomic E-state index is 0.00849. The first kappa shape index (κ1) is 17.2. The highest BCUT2D eigenvalue weighted by molar-refractivity contribution is 5.93. The second-order valence-corrected chi connectivity index (χ2v) is 6.32. The van der Waals surface area contributed by atoms with Gasteiger partial charge in [-0.15, -0.1) is 0 Å². The van der Waals surface area contributed by atoms with E-state index in [0.29, 0.717) is 25.4 Å². The van der Waals surface area contributed by atoms with Gasteiger partial charge in [-0.3, -0.25) is 14.6 Å². The Bertz CT molecular complexity index is 744. The van der Waals surface area contributed by atoms with Crippen molar-refractivity contribution in [1.82, 2.24) is 14.5 Å². The van der Waals surface area contributed by atoms with E-state index >= 15 is 0 Å². The molecule has 7 heteroatoms. The highest BCUT2D eigenvalue weighted by Gasteiger charge is 2.37. The standard InChI is InChI=1S/C18H22N4O3/c1-21-8-4-6-16(21)18(24)22-9-13(11-25-12-17(19)23)14(10-22)15-5-2-3-7-20-15/h2-8,13-14H,9-12H2,1H3,(H2,19,23)/t13-,14+/m0/s1. The van der Waals surface area contributed by atoms with Gasteiger partial charge in [0.05, 0.1) is 6.61 Å². The molecular formula is C18H22N4O3. The van der Waals surface area contributed by atoms with Crippen LogP contribution in [-0.2, 0) is 16.6 Å². The number of aryl methyl sites for hydroxylation is 1. The summed E-state index contributed by atoms with van der Waals surface area (Å²) >= 11 is 0. The Labute approximate surface area is 146 Å². The van der Waals surface area contributed by atoms with E-state index in [-0.39, 0.29) is 24.3 Å². The van der Waals surface area contributed by atoms with Gasteiger partial charge in [-0.1, -0.05) is 6.07 Å². The Morgan fingerprint density at radius 1 is 1.28 bits per heavy atom. The fourth-order valence-corrected chi connectivity index (χ4v) is 3.29. The first-order valence-electron chi connectivity index (χ1n) is 8.24. The lowest BCUT2D eigenvalue weighted by Gasteiger charge is -2.17. The topological polar surface area (TPSA) is 90.5 Å².